The fourth-order valence-electron chi connectivity index (χ4n) is 2.04. The molecule has 1 unspecified atom stereocenters. The maximum absolute atomic E-state index is 12.5. The number of hydrogen-bond donors (Lipinski definition) is 1. The van der Waals surface area contributed by atoms with Crippen LogP contribution in [0.4, 0.5) is 0 Å². The van der Waals surface area contributed by atoms with Gasteiger partial charge in [-0.05, 0) is 44.6 Å². The van der Waals surface area contributed by atoms with E-state index in [-0.39, 0.29) is 11.6 Å². The van der Waals surface area contributed by atoms with Crippen LogP contribution in [0.1, 0.15) is 33.2 Å². The molecule has 0 spiro atoms. The van der Waals surface area contributed by atoms with Crippen LogP contribution >= 0.6 is 12.2 Å². The van der Waals surface area contributed by atoms with E-state index in [9.17, 15) is 4.79 Å². The summed E-state index contributed by atoms with van der Waals surface area (Å²) in [6.07, 6.45) is 2.72. The molecule has 0 aliphatic heterocycles. The summed E-state index contributed by atoms with van der Waals surface area (Å²) in [5, 5.41) is 6.92. The Balaban J connectivity index is 2.64. The van der Waals surface area contributed by atoms with Crippen LogP contribution in [0.2, 0.25) is 0 Å². The first kappa shape index (κ1) is 13.7. The van der Waals surface area contributed by atoms with Crippen molar-refractivity contribution < 1.29 is 0 Å². The number of pyridine rings is 1. The molecule has 0 radical (unpaired) electrons. The van der Waals surface area contributed by atoms with Gasteiger partial charge in [0.05, 0.1) is 5.56 Å². The molecule has 2 heterocycles. The third-order valence-corrected chi connectivity index (χ3v) is 3.67. The Morgan fingerprint density at radius 2 is 2.21 bits per heavy atom. The van der Waals surface area contributed by atoms with Gasteiger partial charge in [0, 0.05) is 18.8 Å². The Labute approximate surface area is 116 Å². The average molecular weight is 278 g/mol. The average Bonchev–Trinajstić information content (AvgIpc) is 2.79. The molecule has 0 aromatic carbocycles. The largest absolute Gasteiger partial charge is 0.312 e. The topological polar surface area (TPSA) is 55.6 Å². The van der Waals surface area contributed by atoms with Crippen LogP contribution in [0, 0.1) is 4.77 Å². The second kappa shape index (κ2) is 5.52. The smallest absolute Gasteiger partial charge is 0.261 e. The van der Waals surface area contributed by atoms with Crippen molar-refractivity contribution >= 4 is 12.2 Å². The zero-order valence-electron chi connectivity index (χ0n) is 11.4. The van der Waals surface area contributed by atoms with Gasteiger partial charge in [-0.15, -0.1) is 0 Å². The highest BCUT2D eigenvalue weighted by atomic mass is 32.1. The van der Waals surface area contributed by atoms with Gasteiger partial charge < -0.3 is 9.13 Å². The molecule has 0 amide bonds. The first-order valence-electron chi connectivity index (χ1n) is 6.46. The Morgan fingerprint density at radius 1 is 1.47 bits per heavy atom. The highest BCUT2D eigenvalue weighted by Gasteiger charge is 2.14. The molecule has 0 saturated carbocycles. The summed E-state index contributed by atoms with van der Waals surface area (Å²) in [5.41, 5.74) is 0.553. The molecule has 0 saturated heterocycles. The molecular weight excluding hydrogens is 260 g/mol. The van der Waals surface area contributed by atoms with Crippen molar-refractivity contribution in [2.75, 3.05) is 0 Å². The first-order valence-corrected chi connectivity index (χ1v) is 6.87. The van der Waals surface area contributed by atoms with E-state index in [0.29, 0.717) is 22.7 Å². The summed E-state index contributed by atoms with van der Waals surface area (Å²) in [6, 6.07) is 3.84. The Hall–Kier alpha value is -1.69. The number of aromatic amines is 1. The molecule has 2 rings (SSSR count). The molecule has 0 aliphatic carbocycles. The summed E-state index contributed by atoms with van der Waals surface area (Å²) in [5.74, 6) is 0.607. The predicted molar refractivity (Wildman–Crippen MR) is 77.8 cm³/mol. The zero-order valence-corrected chi connectivity index (χ0v) is 12.2. The van der Waals surface area contributed by atoms with Gasteiger partial charge in [0.25, 0.3) is 5.56 Å². The quantitative estimate of drug-likeness (QED) is 0.875. The van der Waals surface area contributed by atoms with E-state index in [2.05, 4.69) is 17.1 Å². The Morgan fingerprint density at radius 3 is 2.84 bits per heavy atom. The molecule has 0 fully saturated rings. The number of hydrogen-bond acceptors (Lipinski definition) is 3. The second-order valence-corrected chi connectivity index (χ2v) is 4.87. The molecule has 102 valence electrons. The van der Waals surface area contributed by atoms with Crippen LogP contribution in [0.15, 0.2) is 23.1 Å². The molecule has 2 aromatic heterocycles. The van der Waals surface area contributed by atoms with E-state index in [4.69, 9.17) is 12.2 Å². The number of aromatic nitrogens is 4. The molecular formula is C13H18N4OS. The fraction of sp³-hybridized carbons (Fsp3) is 0.462. The van der Waals surface area contributed by atoms with E-state index in [0.717, 1.165) is 6.42 Å². The van der Waals surface area contributed by atoms with Crippen molar-refractivity contribution in [3.8, 4) is 11.4 Å². The lowest BCUT2D eigenvalue weighted by Gasteiger charge is -2.13. The maximum atomic E-state index is 12.5. The molecule has 0 aliphatic rings. The van der Waals surface area contributed by atoms with Gasteiger partial charge in [0.15, 0.2) is 10.6 Å². The number of nitrogens with zero attached hydrogens (tertiary/aromatic N) is 3. The Bertz CT molecular complexity index is 682. The first-order chi connectivity index (χ1) is 9.10. The third-order valence-electron chi connectivity index (χ3n) is 3.36. The van der Waals surface area contributed by atoms with E-state index < -0.39 is 0 Å². The molecule has 1 atom stereocenters. The molecule has 5 nitrogen and oxygen atoms in total. The third kappa shape index (κ3) is 2.40. The normalized spacial score (nSPS) is 12.6. The van der Waals surface area contributed by atoms with Gasteiger partial charge in [-0.25, -0.2) is 0 Å². The fourth-order valence-corrected chi connectivity index (χ4v) is 2.30. The highest BCUT2D eigenvalue weighted by molar-refractivity contribution is 7.71. The molecule has 19 heavy (non-hydrogen) atoms. The number of H-pyrrole nitrogens is 1. The summed E-state index contributed by atoms with van der Waals surface area (Å²) in [6.45, 7) is 6.75. The van der Waals surface area contributed by atoms with Crippen LogP contribution in [0.3, 0.4) is 0 Å². The lowest BCUT2D eigenvalue weighted by Crippen LogP contribution is -2.24. The van der Waals surface area contributed by atoms with Gasteiger partial charge in [-0.2, -0.15) is 5.10 Å². The van der Waals surface area contributed by atoms with Gasteiger partial charge in [-0.3, -0.25) is 9.89 Å². The molecule has 2 aromatic rings. The minimum Gasteiger partial charge on any atom is -0.312 e. The van der Waals surface area contributed by atoms with Crippen LogP contribution in [0.5, 0.6) is 0 Å². The van der Waals surface area contributed by atoms with Crippen LogP contribution < -0.4 is 5.56 Å². The van der Waals surface area contributed by atoms with Crippen molar-refractivity contribution in [1.29, 1.82) is 0 Å². The van der Waals surface area contributed by atoms with Crippen molar-refractivity contribution in [2.45, 2.75) is 39.8 Å². The van der Waals surface area contributed by atoms with Crippen LogP contribution in [-0.2, 0) is 6.54 Å². The van der Waals surface area contributed by atoms with E-state index in [1.165, 1.54) is 0 Å². The molecule has 6 heteroatoms. The second-order valence-electron chi connectivity index (χ2n) is 4.49. The maximum Gasteiger partial charge on any atom is 0.261 e. The SMILES string of the molecule is CCC(C)n1cccc(-c2n[nH]c(=S)n2CC)c1=O. The summed E-state index contributed by atoms with van der Waals surface area (Å²) in [4.78, 5) is 12.5. The van der Waals surface area contributed by atoms with Gasteiger partial charge >= 0.3 is 0 Å². The Kier molecular flexibility index (Phi) is 3.99. The minimum atomic E-state index is -0.0273. The van der Waals surface area contributed by atoms with Crippen molar-refractivity contribution in [1.82, 2.24) is 19.3 Å². The van der Waals surface area contributed by atoms with E-state index in [1.807, 2.05) is 30.7 Å². The minimum absolute atomic E-state index is 0.0273. The lowest BCUT2D eigenvalue weighted by atomic mass is 10.2. The van der Waals surface area contributed by atoms with Crippen molar-refractivity contribution in [3.63, 3.8) is 0 Å². The number of nitrogens with one attached hydrogen (secondary N) is 1. The van der Waals surface area contributed by atoms with Gasteiger partial charge in [0.1, 0.15) is 0 Å². The molecule has 0 bridgehead atoms. The molecule has 1 N–H and O–H groups in total. The van der Waals surface area contributed by atoms with E-state index in [1.54, 1.807) is 10.6 Å². The monoisotopic (exact) mass is 278 g/mol. The van der Waals surface area contributed by atoms with Crippen LogP contribution in [0.25, 0.3) is 11.4 Å². The number of rotatable bonds is 4. The summed E-state index contributed by atoms with van der Waals surface area (Å²) < 4.78 is 4.11. The van der Waals surface area contributed by atoms with Crippen molar-refractivity contribution in [3.05, 3.63) is 33.5 Å². The highest BCUT2D eigenvalue weighted by Crippen LogP contribution is 2.15. The van der Waals surface area contributed by atoms with Gasteiger partial charge in [-0.1, -0.05) is 6.92 Å². The standard InChI is InChI=1S/C13H18N4OS/c1-4-9(3)17-8-6-7-10(12(17)18)11-14-15-13(19)16(11)5-2/h6-9H,4-5H2,1-3H3,(H,15,19). The summed E-state index contributed by atoms with van der Waals surface area (Å²) in [7, 11) is 0. The van der Waals surface area contributed by atoms with Gasteiger partial charge in [0.2, 0.25) is 0 Å². The predicted octanol–water partition coefficient (Wildman–Crippen LogP) is 2.76. The van der Waals surface area contributed by atoms with Crippen LogP contribution in [-0.4, -0.2) is 19.3 Å². The zero-order chi connectivity index (χ0) is 14.0. The summed E-state index contributed by atoms with van der Waals surface area (Å²) >= 11 is 5.16. The van der Waals surface area contributed by atoms with Crippen molar-refractivity contribution in [2.24, 2.45) is 0 Å². The van der Waals surface area contributed by atoms with E-state index >= 15 is 0 Å². The lowest BCUT2D eigenvalue weighted by molar-refractivity contribution is 0.514.